The molecule has 0 aromatic heterocycles. The summed E-state index contributed by atoms with van der Waals surface area (Å²) < 4.78 is 15.9. The highest BCUT2D eigenvalue weighted by Crippen LogP contribution is 2.40. The Kier molecular flexibility index (Phi) is 7.32. The van der Waals surface area contributed by atoms with E-state index in [1.165, 1.54) is 27.4 Å². The number of rotatable bonds is 7. The molecule has 1 heterocycles. The lowest BCUT2D eigenvalue weighted by Crippen LogP contribution is -2.36. The number of methoxy groups -OCH3 is 3. The standard InChI is InChI=1S/C22H21ClN2O6S/c1-12-5-6-14(10-15(12)23)24-19(26)11-25-21(27)18(32-22(25)28)9-13-7-16(29-2)20(31-4)17(8-13)30-3/h5-10H,11H2,1-4H3,(H,24,26)/b18-9+. The minimum Gasteiger partial charge on any atom is -0.493 e. The Bertz CT molecular complexity index is 1090. The Balaban J connectivity index is 1.77. The molecule has 0 aliphatic carbocycles. The summed E-state index contributed by atoms with van der Waals surface area (Å²) >= 11 is 6.82. The summed E-state index contributed by atoms with van der Waals surface area (Å²) in [5, 5.41) is 2.61. The van der Waals surface area contributed by atoms with Crippen LogP contribution in [0.3, 0.4) is 0 Å². The number of hydrogen-bond donors (Lipinski definition) is 1. The fourth-order valence-corrected chi connectivity index (χ4v) is 4.01. The van der Waals surface area contributed by atoms with Crippen molar-refractivity contribution in [3.8, 4) is 17.2 Å². The smallest absolute Gasteiger partial charge is 0.294 e. The van der Waals surface area contributed by atoms with Crippen molar-refractivity contribution in [3.63, 3.8) is 0 Å². The maximum atomic E-state index is 12.8. The van der Waals surface area contributed by atoms with Gasteiger partial charge >= 0.3 is 0 Å². The minimum absolute atomic E-state index is 0.176. The number of carbonyl (C=O) groups excluding carboxylic acids is 3. The second kappa shape index (κ2) is 9.97. The summed E-state index contributed by atoms with van der Waals surface area (Å²) in [5.74, 6) is 0.155. The number of carbonyl (C=O) groups is 3. The molecule has 1 saturated heterocycles. The molecule has 0 atom stereocenters. The number of amides is 3. The Hall–Kier alpha value is -3.17. The van der Waals surface area contributed by atoms with Crippen molar-refractivity contribution < 1.29 is 28.6 Å². The molecule has 3 rings (SSSR count). The summed E-state index contributed by atoms with van der Waals surface area (Å²) in [5.41, 5.74) is 1.92. The molecule has 0 unspecified atom stereocenters. The van der Waals surface area contributed by atoms with Crippen LogP contribution in [0.5, 0.6) is 17.2 Å². The van der Waals surface area contributed by atoms with Crippen LogP contribution in [0.2, 0.25) is 5.02 Å². The lowest BCUT2D eigenvalue weighted by molar-refractivity contribution is -0.127. The lowest BCUT2D eigenvalue weighted by Gasteiger charge is -2.13. The topological polar surface area (TPSA) is 94.2 Å². The summed E-state index contributed by atoms with van der Waals surface area (Å²) in [6.45, 7) is 1.43. The molecule has 0 radical (unpaired) electrons. The van der Waals surface area contributed by atoms with E-state index in [2.05, 4.69) is 5.32 Å². The van der Waals surface area contributed by atoms with Gasteiger partial charge in [0.05, 0.1) is 26.2 Å². The van der Waals surface area contributed by atoms with Crippen LogP contribution in [-0.2, 0) is 9.59 Å². The highest BCUT2D eigenvalue weighted by molar-refractivity contribution is 8.18. The number of benzene rings is 2. The summed E-state index contributed by atoms with van der Waals surface area (Å²) in [6, 6.07) is 8.37. The van der Waals surface area contributed by atoms with Crippen LogP contribution in [0.1, 0.15) is 11.1 Å². The Morgan fingerprint density at radius 3 is 2.31 bits per heavy atom. The van der Waals surface area contributed by atoms with Gasteiger partial charge in [-0.25, -0.2) is 0 Å². The third kappa shape index (κ3) is 5.00. The second-order valence-corrected chi connectivity index (χ2v) is 8.14. The fraction of sp³-hybridized carbons (Fsp3) is 0.227. The first kappa shape index (κ1) is 23.5. The van der Waals surface area contributed by atoms with Gasteiger partial charge < -0.3 is 19.5 Å². The SMILES string of the molecule is COc1cc(/C=C2/SC(=O)N(CC(=O)Nc3ccc(C)c(Cl)c3)C2=O)cc(OC)c1OC. The van der Waals surface area contributed by atoms with Crippen molar-refractivity contribution in [2.45, 2.75) is 6.92 Å². The molecule has 0 spiro atoms. The van der Waals surface area contributed by atoms with Gasteiger partial charge in [-0.15, -0.1) is 0 Å². The van der Waals surface area contributed by atoms with E-state index in [4.69, 9.17) is 25.8 Å². The Morgan fingerprint density at radius 2 is 1.75 bits per heavy atom. The third-order valence-electron chi connectivity index (χ3n) is 4.62. The van der Waals surface area contributed by atoms with Crippen LogP contribution in [0.15, 0.2) is 35.2 Å². The molecule has 168 valence electrons. The van der Waals surface area contributed by atoms with E-state index in [1.54, 1.807) is 30.3 Å². The van der Waals surface area contributed by atoms with E-state index in [9.17, 15) is 14.4 Å². The van der Waals surface area contributed by atoms with Crippen LogP contribution in [0, 0.1) is 6.92 Å². The van der Waals surface area contributed by atoms with Crippen LogP contribution < -0.4 is 19.5 Å². The monoisotopic (exact) mass is 476 g/mol. The lowest BCUT2D eigenvalue weighted by atomic mass is 10.1. The van der Waals surface area contributed by atoms with Crippen LogP contribution in [0.4, 0.5) is 10.5 Å². The number of nitrogens with zero attached hydrogens (tertiary/aromatic N) is 1. The number of aryl methyl sites for hydroxylation is 1. The van der Waals surface area contributed by atoms with Gasteiger partial charge in [0.1, 0.15) is 6.54 Å². The van der Waals surface area contributed by atoms with E-state index in [1.807, 2.05) is 6.92 Å². The fourth-order valence-electron chi connectivity index (χ4n) is 2.99. The van der Waals surface area contributed by atoms with Crippen molar-refractivity contribution in [1.29, 1.82) is 0 Å². The van der Waals surface area contributed by atoms with Crippen LogP contribution in [0.25, 0.3) is 6.08 Å². The van der Waals surface area contributed by atoms with Crippen molar-refractivity contribution >= 4 is 52.2 Å². The van der Waals surface area contributed by atoms with E-state index in [0.29, 0.717) is 33.5 Å². The summed E-state index contributed by atoms with van der Waals surface area (Å²) in [7, 11) is 4.45. The normalized spacial score (nSPS) is 14.7. The van der Waals surface area contributed by atoms with E-state index in [0.717, 1.165) is 22.2 Å². The van der Waals surface area contributed by atoms with E-state index >= 15 is 0 Å². The maximum absolute atomic E-state index is 12.8. The average molecular weight is 477 g/mol. The number of hydrogen-bond acceptors (Lipinski definition) is 7. The maximum Gasteiger partial charge on any atom is 0.294 e. The van der Waals surface area contributed by atoms with Gasteiger partial charge in [0.2, 0.25) is 11.7 Å². The van der Waals surface area contributed by atoms with E-state index in [-0.39, 0.29) is 4.91 Å². The number of imide groups is 1. The number of ether oxygens (including phenoxy) is 3. The molecule has 32 heavy (non-hydrogen) atoms. The van der Waals surface area contributed by atoms with Gasteiger partial charge in [0.25, 0.3) is 11.1 Å². The number of anilines is 1. The van der Waals surface area contributed by atoms with Crippen molar-refractivity contribution in [2.24, 2.45) is 0 Å². The minimum atomic E-state index is -0.564. The van der Waals surface area contributed by atoms with Crippen LogP contribution >= 0.6 is 23.4 Å². The first-order valence-electron chi connectivity index (χ1n) is 9.38. The molecule has 2 aromatic rings. The summed E-state index contributed by atoms with van der Waals surface area (Å²) in [6.07, 6.45) is 1.53. The molecular weight excluding hydrogens is 456 g/mol. The Labute approximate surface area is 194 Å². The molecule has 2 aromatic carbocycles. The second-order valence-electron chi connectivity index (χ2n) is 6.74. The Morgan fingerprint density at radius 1 is 1.09 bits per heavy atom. The summed E-state index contributed by atoms with van der Waals surface area (Å²) in [4.78, 5) is 38.6. The highest BCUT2D eigenvalue weighted by Gasteiger charge is 2.36. The predicted molar refractivity (Wildman–Crippen MR) is 124 cm³/mol. The van der Waals surface area contributed by atoms with Crippen molar-refractivity contribution in [1.82, 2.24) is 4.90 Å². The molecule has 1 aliphatic heterocycles. The van der Waals surface area contributed by atoms with Gasteiger partial charge in [0.15, 0.2) is 11.5 Å². The molecule has 0 bridgehead atoms. The first-order chi connectivity index (χ1) is 15.3. The number of nitrogens with one attached hydrogen (secondary N) is 1. The molecule has 3 amide bonds. The van der Waals surface area contributed by atoms with Gasteiger partial charge in [-0.1, -0.05) is 17.7 Å². The largest absolute Gasteiger partial charge is 0.493 e. The first-order valence-corrected chi connectivity index (χ1v) is 10.6. The van der Waals surface area contributed by atoms with Gasteiger partial charge in [-0.2, -0.15) is 0 Å². The highest BCUT2D eigenvalue weighted by atomic mass is 35.5. The van der Waals surface area contributed by atoms with Gasteiger partial charge in [0, 0.05) is 10.7 Å². The molecule has 0 saturated carbocycles. The zero-order valence-corrected chi connectivity index (χ0v) is 19.4. The zero-order chi connectivity index (χ0) is 23.4. The van der Waals surface area contributed by atoms with Crippen molar-refractivity contribution in [2.75, 3.05) is 33.2 Å². The number of halogens is 1. The molecular formula is C22H21ClN2O6S. The molecule has 1 aliphatic rings. The zero-order valence-electron chi connectivity index (χ0n) is 17.9. The third-order valence-corrected chi connectivity index (χ3v) is 5.93. The predicted octanol–water partition coefficient (Wildman–Crippen LogP) is 4.35. The van der Waals surface area contributed by atoms with Gasteiger partial charge in [-0.3, -0.25) is 19.3 Å². The average Bonchev–Trinajstić information content (AvgIpc) is 3.02. The molecule has 10 heteroatoms. The molecule has 1 fully saturated rings. The molecule has 8 nitrogen and oxygen atoms in total. The van der Waals surface area contributed by atoms with Crippen molar-refractivity contribution in [3.05, 3.63) is 51.4 Å². The molecule has 1 N–H and O–H groups in total. The van der Waals surface area contributed by atoms with Crippen LogP contribution in [-0.4, -0.2) is 49.8 Å². The number of thioether (sulfide) groups is 1. The quantitative estimate of drug-likeness (QED) is 0.593. The van der Waals surface area contributed by atoms with E-state index < -0.39 is 23.6 Å². The van der Waals surface area contributed by atoms with Gasteiger partial charge in [-0.05, 0) is 60.2 Å².